The van der Waals surface area contributed by atoms with Crippen molar-refractivity contribution in [3.05, 3.63) is 29.3 Å². The number of fused-ring (bicyclic) bond motifs is 1. The van der Waals surface area contributed by atoms with E-state index in [1.54, 1.807) is 0 Å². The van der Waals surface area contributed by atoms with Crippen molar-refractivity contribution in [3.63, 3.8) is 0 Å². The fourth-order valence-corrected chi connectivity index (χ4v) is 2.24. The van der Waals surface area contributed by atoms with Crippen LogP contribution >= 0.6 is 0 Å². The zero-order valence-corrected chi connectivity index (χ0v) is 11.4. The molecule has 1 heterocycles. The predicted octanol–water partition coefficient (Wildman–Crippen LogP) is 2.18. The topological polar surface area (TPSA) is 30.5 Å². The van der Waals surface area contributed by atoms with Crippen molar-refractivity contribution in [1.29, 1.82) is 0 Å². The van der Waals surface area contributed by atoms with Gasteiger partial charge >= 0.3 is 0 Å². The third-order valence-electron chi connectivity index (χ3n) is 3.17. The molecule has 18 heavy (non-hydrogen) atoms. The summed E-state index contributed by atoms with van der Waals surface area (Å²) < 4.78 is 11.3. The average molecular weight is 249 g/mol. The Kier molecular flexibility index (Phi) is 5.02. The quantitative estimate of drug-likeness (QED) is 0.751. The van der Waals surface area contributed by atoms with E-state index in [0.29, 0.717) is 6.10 Å². The third-order valence-corrected chi connectivity index (χ3v) is 3.17. The third kappa shape index (κ3) is 3.72. The molecule has 3 nitrogen and oxygen atoms in total. The van der Waals surface area contributed by atoms with Crippen LogP contribution in [0, 0.1) is 0 Å². The number of rotatable bonds is 7. The molecule has 0 amide bonds. The smallest absolute Gasteiger partial charge is 0.123 e. The van der Waals surface area contributed by atoms with Gasteiger partial charge in [0.05, 0.1) is 13.2 Å². The van der Waals surface area contributed by atoms with Crippen molar-refractivity contribution in [2.45, 2.75) is 32.8 Å². The molecule has 0 aliphatic carbocycles. The van der Waals surface area contributed by atoms with Gasteiger partial charge in [-0.15, -0.1) is 0 Å². The van der Waals surface area contributed by atoms with Crippen LogP contribution in [0.3, 0.4) is 0 Å². The number of hydrogen-bond donors (Lipinski definition) is 1. The lowest BCUT2D eigenvalue weighted by molar-refractivity contribution is 0.139. The number of benzene rings is 1. The predicted molar refractivity (Wildman–Crippen MR) is 73.3 cm³/mol. The summed E-state index contributed by atoms with van der Waals surface area (Å²) in [5, 5.41) is 3.24. The van der Waals surface area contributed by atoms with Gasteiger partial charge in [0.15, 0.2) is 0 Å². The van der Waals surface area contributed by atoms with E-state index in [0.717, 1.165) is 44.9 Å². The Morgan fingerprint density at radius 1 is 1.39 bits per heavy atom. The molecule has 3 heteroatoms. The van der Waals surface area contributed by atoms with Gasteiger partial charge in [-0.1, -0.05) is 19.1 Å². The average Bonchev–Trinajstić information content (AvgIpc) is 2.73. The second kappa shape index (κ2) is 6.76. The highest BCUT2D eigenvalue weighted by Gasteiger charge is 2.18. The summed E-state index contributed by atoms with van der Waals surface area (Å²) in [6.45, 7) is 7.75. The SMILES string of the molecule is CCNCCOCCc1ccc2c(c1)CC(C)O2. The zero-order valence-electron chi connectivity index (χ0n) is 11.4. The first-order valence-corrected chi connectivity index (χ1v) is 6.86. The maximum Gasteiger partial charge on any atom is 0.123 e. The summed E-state index contributed by atoms with van der Waals surface area (Å²) in [5.41, 5.74) is 2.68. The first-order valence-electron chi connectivity index (χ1n) is 6.86. The van der Waals surface area contributed by atoms with E-state index >= 15 is 0 Å². The summed E-state index contributed by atoms with van der Waals surface area (Å²) >= 11 is 0. The fraction of sp³-hybridized carbons (Fsp3) is 0.600. The van der Waals surface area contributed by atoms with Gasteiger partial charge in [0.2, 0.25) is 0 Å². The molecule has 0 bridgehead atoms. The van der Waals surface area contributed by atoms with E-state index in [2.05, 4.69) is 37.4 Å². The Hall–Kier alpha value is -1.06. The largest absolute Gasteiger partial charge is 0.490 e. The lowest BCUT2D eigenvalue weighted by Crippen LogP contribution is -2.19. The number of ether oxygens (including phenoxy) is 2. The second-order valence-corrected chi connectivity index (χ2v) is 4.79. The molecule has 1 aliphatic heterocycles. The Morgan fingerprint density at radius 2 is 2.28 bits per heavy atom. The first-order chi connectivity index (χ1) is 8.79. The first kappa shape index (κ1) is 13.4. The van der Waals surface area contributed by atoms with Crippen molar-refractivity contribution in [2.24, 2.45) is 0 Å². The zero-order chi connectivity index (χ0) is 12.8. The van der Waals surface area contributed by atoms with Crippen LogP contribution < -0.4 is 10.1 Å². The molecule has 1 unspecified atom stereocenters. The van der Waals surface area contributed by atoms with Crippen LogP contribution in [0.4, 0.5) is 0 Å². The maximum absolute atomic E-state index is 5.69. The van der Waals surface area contributed by atoms with E-state index in [9.17, 15) is 0 Å². The van der Waals surface area contributed by atoms with Crippen LogP contribution in [0.2, 0.25) is 0 Å². The second-order valence-electron chi connectivity index (χ2n) is 4.79. The molecule has 1 atom stereocenters. The van der Waals surface area contributed by atoms with Crippen LogP contribution in [0.1, 0.15) is 25.0 Å². The van der Waals surface area contributed by atoms with Crippen molar-refractivity contribution in [3.8, 4) is 5.75 Å². The molecule has 0 aromatic heterocycles. The van der Waals surface area contributed by atoms with Crippen molar-refractivity contribution in [1.82, 2.24) is 5.32 Å². The van der Waals surface area contributed by atoms with E-state index in [-0.39, 0.29) is 0 Å². The van der Waals surface area contributed by atoms with Crippen molar-refractivity contribution >= 4 is 0 Å². The molecule has 1 N–H and O–H groups in total. The normalized spacial score (nSPS) is 17.6. The number of nitrogens with one attached hydrogen (secondary N) is 1. The van der Waals surface area contributed by atoms with Crippen LogP contribution in [-0.4, -0.2) is 32.4 Å². The molecule has 1 aromatic rings. The standard InChI is InChI=1S/C15H23NO2/c1-3-16-7-9-17-8-6-13-4-5-15-14(11-13)10-12(2)18-15/h4-5,11-12,16H,3,6-10H2,1-2H3. The van der Waals surface area contributed by atoms with Crippen LogP contribution in [0.15, 0.2) is 18.2 Å². The highest BCUT2D eigenvalue weighted by atomic mass is 16.5. The molecule has 100 valence electrons. The molecule has 2 rings (SSSR count). The minimum absolute atomic E-state index is 0.326. The van der Waals surface area contributed by atoms with Gasteiger partial charge in [0, 0.05) is 13.0 Å². The maximum atomic E-state index is 5.69. The molecule has 0 radical (unpaired) electrons. The van der Waals surface area contributed by atoms with E-state index < -0.39 is 0 Å². The van der Waals surface area contributed by atoms with Crippen molar-refractivity contribution in [2.75, 3.05) is 26.3 Å². The summed E-state index contributed by atoms with van der Waals surface area (Å²) in [7, 11) is 0. The van der Waals surface area contributed by atoms with Crippen LogP contribution in [0.5, 0.6) is 5.75 Å². The number of hydrogen-bond acceptors (Lipinski definition) is 3. The molecular formula is C15H23NO2. The Balaban J connectivity index is 1.72. The molecule has 0 fully saturated rings. The minimum Gasteiger partial charge on any atom is -0.490 e. The van der Waals surface area contributed by atoms with E-state index in [1.165, 1.54) is 11.1 Å². The van der Waals surface area contributed by atoms with E-state index in [1.807, 2.05) is 0 Å². The van der Waals surface area contributed by atoms with Gasteiger partial charge in [-0.3, -0.25) is 0 Å². The van der Waals surface area contributed by atoms with Crippen LogP contribution in [0.25, 0.3) is 0 Å². The monoisotopic (exact) mass is 249 g/mol. The van der Waals surface area contributed by atoms with Gasteiger partial charge in [-0.2, -0.15) is 0 Å². The van der Waals surface area contributed by atoms with Gasteiger partial charge in [-0.05, 0) is 37.1 Å². The fourth-order valence-electron chi connectivity index (χ4n) is 2.24. The summed E-state index contributed by atoms with van der Waals surface area (Å²) in [6.07, 6.45) is 2.34. The van der Waals surface area contributed by atoms with Crippen LogP contribution in [-0.2, 0) is 17.6 Å². The van der Waals surface area contributed by atoms with Gasteiger partial charge in [0.1, 0.15) is 11.9 Å². The molecule has 0 spiro atoms. The summed E-state index contributed by atoms with van der Waals surface area (Å²) in [6, 6.07) is 6.49. The summed E-state index contributed by atoms with van der Waals surface area (Å²) in [4.78, 5) is 0. The van der Waals surface area contributed by atoms with Gasteiger partial charge in [0.25, 0.3) is 0 Å². The minimum atomic E-state index is 0.326. The molecule has 1 aliphatic rings. The number of likely N-dealkylation sites (N-methyl/N-ethyl adjacent to an activating group) is 1. The molecule has 0 saturated carbocycles. The highest BCUT2D eigenvalue weighted by molar-refractivity contribution is 5.40. The molecule has 0 saturated heterocycles. The van der Waals surface area contributed by atoms with Crippen molar-refractivity contribution < 1.29 is 9.47 Å². The Morgan fingerprint density at radius 3 is 3.11 bits per heavy atom. The van der Waals surface area contributed by atoms with E-state index in [4.69, 9.17) is 9.47 Å². The highest BCUT2D eigenvalue weighted by Crippen LogP contribution is 2.29. The molecule has 1 aromatic carbocycles. The Bertz CT molecular complexity index is 379. The lowest BCUT2D eigenvalue weighted by atomic mass is 10.1. The molecular weight excluding hydrogens is 226 g/mol. The Labute approximate surface area is 109 Å². The van der Waals surface area contributed by atoms with Gasteiger partial charge in [-0.25, -0.2) is 0 Å². The summed E-state index contributed by atoms with van der Waals surface area (Å²) in [5.74, 6) is 1.05. The lowest BCUT2D eigenvalue weighted by Gasteiger charge is -2.06. The van der Waals surface area contributed by atoms with Gasteiger partial charge < -0.3 is 14.8 Å².